The van der Waals surface area contributed by atoms with E-state index in [2.05, 4.69) is 76.7 Å². The minimum atomic E-state index is 0.574. The van der Waals surface area contributed by atoms with E-state index in [1.807, 2.05) is 24.3 Å². The molecule has 0 fully saturated rings. The van der Waals surface area contributed by atoms with Gasteiger partial charge in [0.15, 0.2) is 11.5 Å². The standard InChI is InChI=1S/C31H38O3/c1-7-24-10-8-9-11-27(24)29-21-31(34-19-17-23(4)5)30(33-18-16-22(2)3)20-28(29)25-12-14-26(32-6)15-13-25/h7-15,20-23H,1,16-19H2,2-6H3. The molecule has 0 saturated carbocycles. The quantitative estimate of drug-likeness (QED) is 0.272. The van der Waals surface area contributed by atoms with Crippen molar-refractivity contribution in [2.24, 2.45) is 11.8 Å². The van der Waals surface area contributed by atoms with Crippen molar-refractivity contribution < 1.29 is 14.2 Å². The van der Waals surface area contributed by atoms with Gasteiger partial charge in [-0.05, 0) is 76.8 Å². The van der Waals surface area contributed by atoms with Crippen LogP contribution in [0.1, 0.15) is 46.1 Å². The van der Waals surface area contributed by atoms with Crippen LogP contribution in [0.5, 0.6) is 17.2 Å². The van der Waals surface area contributed by atoms with Crippen LogP contribution in [0.3, 0.4) is 0 Å². The average Bonchev–Trinajstić information content (AvgIpc) is 2.84. The molecule has 0 bridgehead atoms. The van der Waals surface area contributed by atoms with Gasteiger partial charge in [-0.25, -0.2) is 0 Å². The zero-order chi connectivity index (χ0) is 24.5. The Hall–Kier alpha value is -3.20. The minimum absolute atomic E-state index is 0.574. The molecule has 0 atom stereocenters. The fraction of sp³-hybridized carbons (Fsp3) is 0.355. The average molecular weight is 459 g/mol. The molecule has 3 aromatic rings. The molecule has 0 saturated heterocycles. The zero-order valence-corrected chi connectivity index (χ0v) is 21.3. The van der Waals surface area contributed by atoms with E-state index in [0.717, 1.165) is 57.9 Å². The van der Waals surface area contributed by atoms with E-state index in [9.17, 15) is 0 Å². The minimum Gasteiger partial charge on any atom is -0.497 e. The molecule has 3 aromatic carbocycles. The van der Waals surface area contributed by atoms with E-state index in [4.69, 9.17) is 14.2 Å². The molecule has 3 nitrogen and oxygen atoms in total. The normalized spacial score (nSPS) is 11.0. The van der Waals surface area contributed by atoms with Crippen LogP contribution in [-0.4, -0.2) is 20.3 Å². The van der Waals surface area contributed by atoms with Crippen LogP contribution in [0, 0.1) is 11.8 Å². The molecule has 0 aliphatic rings. The Morgan fingerprint density at radius 2 is 1.29 bits per heavy atom. The van der Waals surface area contributed by atoms with Crippen LogP contribution < -0.4 is 14.2 Å². The van der Waals surface area contributed by atoms with Gasteiger partial charge < -0.3 is 14.2 Å². The third kappa shape index (κ3) is 6.66. The summed E-state index contributed by atoms with van der Waals surface area (Å²) in [6.07, 6.45) is 3.88. The first-order valence-corrected chi connectivity index (χ1v) is 12.2. The highest BCUT2D eigenvalue weighted by molar-refractivity contribution is 5.89. The molecule has 34 heavy (non-hydrogen) atoms. The Labute approximate surface area is 205 Å². The van der Waals surface area contributed by atoms with Crippen molar-refractivity contribution in [3.63, 3.8) is 0 Å². The van der Waals surface area contributed by atoms with Gasteiger partial charge in [-0.2, -0.15) is 0 Å². The van der Waals surface area contributed by atoms with E-state index in [1.165, 1.54) is 0 Å². The first-order chi connectivity index (χ1) is 16.4. The molecular formula is C31H38O3. The maximum absolute atomic E-state index is 6.30. The van der Waals surface area contributed by atoms with Crippen LogP contribution in [0.4, 0.5) is 0 Å². The summed E-state index contributed by atoms with van der Waals surface area (Å²) in [5.41, 5.74) is 5.48. The third-order valence-corrected chi connectivity index (χ3v) is 5.86. The van der Waals surface area contributed by atoms with Gasteiger partial charge in [0.2, 0.25) is 0 Å². The number of benzene rings is 3. The van der Waals surface area contributed by atoms with Crippen molar-refractivity contribution in [1.29, 1.82) is 0 Å². The maximum atomic E-state index is 6.30. The largest absolute Gasteiger partial charge is 0.497 e. The van der Waals surface area contributed by atoms with Gasteiger partial charge >= 0.3 is 0 Å². The number of hydrogen-bond acceptors (Lipinski definition) is 3. The summed E-state index contributed by atoms with van der Waals surface area (Å²) in [5, 5.41) is 0. The summed E-state index contributed by atoms with van der Waals surface area (Å²) in [4.78, 5) is 0. The lowest BCUT2D eigenvalue weighted by Gasteiger charge is -2.20. The van der Waals surface area contributed by atoms with Crippen molar-refractivity contribution in [3.05, 3.63) is 72.8 Å². The lowest BCUT2D eigenvalue weighted by molar-refractivity contribution is 0.247. The highest BCUT2D eigenvalue weighted by Crippen LogP contribution is 2.42. The molecule has 180 valence electrons. The van der Waals surface area contributed by atoms with Gasteiger partial charge in [0.1, 0.15) is 5.75 Å². The van der Waals surface area contributed by atoms with E-state index >= 15 is 0 Å². The Bertz CT molecular complexity index is 1060. The molecule has 0 spiro atoms. The van der Waals surface area contributed by atoms with Crippen LogP contribution in [0.15, 0.2) is 67.2 Å². The highest BCUT2D eigenvalue weighted by Gasteiger charge is 2.17. The Morgan fingerprint density at radius 1 is 0.735 bits per heavy atom. The predicted molar refractivity (Wildman–Crippen MR) is 144 cm³/mol. The molecule has 0 heterocycles. The Morgan fingerprint density at radius 3 is 1.82 bits per heavy atom. The molecule has 0 radical (unpaired) electrons. The summed E-state index contributed by atoms with van der Waals surface area (Å²) in [5.74, 6) is 3.55. The van der Waals surface area contributed by atoms with E-state index in [1.54, 1.807) is 7.11 Å². The van der Waals surface area contributed by atoms with Crippen molar-refractivity contribution >= 4 is 6.08 Å². The monoisotopic (exact) mass is 458 g/mol. The van der Waals surface area contributed by atoms with Gasteiger partial charge in [0, 0.05) is 0 Å². The number of hydrogen-bond donors (Lipinski definition) is 0. The Balaban J connectivity index is 2.15. The van der Waals surface area contributed by atoms with Gasteiger partial charge in [-0.3, -0.25) is 0 Å². The zero-order valence-electron chi connectivity index (χ0n) is 21.3. The van der Waals surface area contributed by atoms with Gasteiger partial charge in [-0.1, -0.05) is 76.7 Å². The topological polar surface area (TPSA) is 27.7 Å². The fourth-order valence-electron chi connectivity index (χ4n) is 3.75. The van der Waals surface area contributed by atoms with E-state index in [0.29, 0.717) is 25.0 Å². The summed E-state index contributed by atoms with van der Waals surface area (Å²) in [6, 6.07) is 20.7. The molecule has 0 aliphatic heterocycles. The van der Waals surface area contributed by atoms with Crippen LogP contribution in [0.2, 0.25) is 0 Å². The molecule has 3 rings (SSSR count). The molecule has 3 heteroatoms. The van der Waals surface area contributed by atoms with Crippen LogP contribution in [0.25, 0.3) is 28.3 Å². The molecule has 0 amide bonds. The SMILES string of the molecule is C=Cc1ccccc1-c1cc(OCCC(C)C)c(OCCC(C)C)cc1-c1ccc(OC)cc1. The van der Waals surface area contributed by atoms with Crippen molar-refractivity contribution in [2.45, 2.75) is 40.5 Å². The van der Waals surface area contributed by atoms with Gasteiger partial charge in [0.25, 0.3) is 0 Å². The van der Waals surface area contributed by atoms with Crippen molar-refractivity contribution in [1.82, 2.24) is 0 Å². The lowest BCUT2D eigenvalue weighted by atomic mass is 9.91. The van der Waals surface area contributed by atoms with Gasteiger partial charge in [-0.15, -0.1) is 0 Å². The first-order valence-electron chi connectivity index (χ1n) is 12.2. The highest BCUT2D eigenvalue weighted by atomic mass is 16.5. The van der Waals surface area contributed by atoms with Crippen molar-refractivity contribution in [3.8, 4) is 39.5 Å². The van der Waals surface area contributed by atoms with Crippen LogP contribution >= 0.6 is 0 Å². The first kappa shape index (κ1) is 25.4. The second-order valence-corrected chi connectivity index (χ2v) is 9.43. The summed E-state index contributed by atoms with van der Waals surface area (Å²) in [6.45, 7) is 14.2. The second-order valence-electron chi connectivity index (χ2n) is 9.43. The van der Waals surface area contributed by atoms with Crippen molar-refractivity contribution in [2.75, 3.05) is 20.3 Å². The number of rotatable bonds is 12. The molecule has 0 N–H and O–H groups in total. The lowest BCUT2D eigenvalue weighted by Crippen LogP contribution is -2.06. The fourth-order valence-corrected chi connectivity index (χ4v) is 3.75. The van der Waals surface area contributed by atoms with E-state index in [-0.39, 0.29) is 0 Å². The summed E-state index contributed by atoms with van der Waals surface area (Å²) < 4.78 is 18.0. The third-order valence-electron chi connectivity index (χ3n) is 5.86. The Kier molecular flexibility index (Phi) is 9.21. The number of methoxy groups -OCH3 is 1. The van der Waals surface area contributed by atoms with Gasteiger partial charge in [0.05, 0.1) is 20.3 Å². The molecular weight excluding hydrogens is 420 g/mol. The number of ether oxygens (including phenoxy) is 3. The summed E-state index contributed by atoms with van der Waals surface area (Å²) in [7, 11) is 1.69. The maximum Gasteiger partial charge on any atom is 0.161 e. The second kappa shape index (κ2) is 12.3. The van der Waals surface area contributed by atoms with Crippen LogP contribution in [-0.2, 0) is 0 Å². The predicted octanol–water partition coefficient (Wildman–Crippen LogP) is 8.52. The molecule has 0 aliphatic carbocycles. The molecule has 0 aromatic heterocycles. The molecule has 0 unspecified atom stereocenters. The smallest absolute Gasteiger partial charge is 0.161 e. The summed E-state index contributed by atoms with van der Waals surface area (Å²) >= 11 is 0. The van der Waals surface area contributed by atoms with E-state index < -0.39 is 0 Å².